The van der Waals surface area contributed by atoms with Crippen molar-refractivity contribution in [1.29, 1.82) is 0 Å². The molecule has 2 aromatic rings. The van der Waals surface area contributed by atoms with E-state index < -0.39 is 11.9 Å². The lowest BCUT2D eigenvalue weighted by Gasteiger charge is -2.12. The van der Waals surface area contributed by atoms with Crippen LogP contribution in [0.4, 0.5) is 5.00 Å². The number of carbonyl (C=O) groups is 3. The number of methoxy groups -OCH3 is 2. The second-order valence-corrected chi connectivity index (χ2v) is 7.61. The number of rotatable bonds is 4. The van der Waals surface area contributed by atoms with Gasteiger partial charge in [0.2, 0.25) is 0 Å². The van der Waals surface area contributed by atoms with Crippen LogP contribution in [0, 0.1) is 13.8 Å². The molecule has 0 bridgehead atoms. The Morgan fingerprint density at radius 1 is 1.11 bits per heavy atom. The van der Waals surface area contributed by atoms with Crippen LogP contribution in [0.5, 0.6) is 0 Å². The van der Waals surface area contributed by atoms with E-state index in [-0.39, 0.29) is 17.4 Å². The minimum absolute atomic E-state index is 0.252. The summed E-state index contributed by atoms with van der Waals surface area (Å²) in [6, 6.07) is 5.43. The molecule has 0 unspecified atom stereocenters. The highest BCUT2D eigenvalue weighted by Gasteiger charge is 2.38. The highest BCUT2D eigenvalue weighted by molar-refractivity contribution is 7.17. The van der Waals surface area contributed by atoms with Crippen molar-refractivity contribution in [2.24, 2.45) is 0 Å². The third-order valence-corrected chi connectivity index (χ3v) is 6.08. The summed E-state index contributed by atoms with van der Waals surface area (Å²) in [6.07, 6.45) is 1.24. The van der Waals surface area contributed by atoms with Crippen molar-refractivity contribution in [3.8, 4) is 0 Å². The third-order valence-electron chi connectivity index (χ3n) is 4.90. The van der Waals surface area contributed by atoms with Gasteiger partial charge >= 0.3 is 11.9 Å². The second kappa shape index (κ2) is 7.52. The van der Waals surface area contributed by atoms with Gasteiger partial charge in [0.1, 0.15) is 5.00 Å². The smallest absolute Gasteiger partial charge is 0.341 e. The average molecular weight is 387 g/mol. The first-order chi connectivity index (χ1) is 12.9. The van der Waals surface area contributed by atoms with Gasteiger partial charge in [0.15, 0.2) is 0 Å². The molecule has 7 heteroatoms. The van der Waals surface area contributed by atoms with Gasteiger partial charge in [-0.15, -0.1) is 11.3 Å². The van der Waals surface area contributed by atoms with Crippen LogP contribution < -0.4 is 5.32 Å². The van der Waals surface area contributed by atoms with Gasteiger partial charge in [0.05, 0.1) is 25.7 Å². The van der Waals surface area contributed by atoms with Crippen molar-refractivity contribution in [1.82, 2.24) is 0 Å². The number of amides is 1. The molecule has 1 N–H and O–H groups in total. The molecular weight excluding hydrogens is 366 g/mol. The number of hydrogen-bond acceptors (Lipinski definition) is 6. The molecule has 0 fully saturated rings. The average Bonchev–Trinajstić information content (AvgIpc) is 3.21. The standard InChI is InChI=1S/C20H21NO5S/c1-10-5-6-12(9-11(10)2)17(22)21-18-16(20(24)26-4)15-13(19(23)25-3)7-8-14(15)27-18/h5-6,9,13H,7-8H2,1-4H3,(H,21,22)/t13-/m1/s1. The molecule has 27 heavy (non-hydrogen) atoms. The highest BCUT2D eigenvalue weighted by atomic mass is 32.1. The van der Waals surface area contributed by atoms with Crippen molar-refractivity contribution >= 4 is 34.2 Å². The molecule has 142 valence electrons. The van der Waals surface area contributed by atoms with Crippen LogP contribution in [0.3, 0.4) is 0 Å². The molecule has 0 spiro atoms. The van der Waals surface area contributed by atoms with Crippen molar-refractivity contribution < 1.29 is 23.9 Å². The Labute approximate surface area is 161 Å². The molecule has 1 aromatic heterocycles. The van der Waals surface area contributed by atoms with Crippen molar-refractivity contribution in [2.45, 2.75) is 32.6 Å². The number of anilines is 1. The maximum Gasteiger partial charge on any atom is 0.341 e. The number of nitrogens with one attached hydrogen (secondary N) is 1. The monoisotopic (exact) mass is 387 g/mol. The number of aryl methyl sites for hydroxylation is 3. The Hall–Kier alpha value is -2.67. The molecule has 1 amide bonds. The predicted molar refractivity (Wildman–Crippen MR) is 103 cm³/mol. The summed E-state index contributed by atoms with van der Waals surface area (Å²) in [5, 5.41) is 3.23. The summed E-state index contributed by atoms with van der Waals surface area (Å²) < 4.78 is 9.78. The van der Waals surface area contributed by atoms with Gasteiger partial charge in [-0.05, 0) is 55.5 Å². The maximum absolute atomic E-state index is 12.7. The molecule has 0 saturated carbocycles. The molecular formula is C20H21NO5S. The first kappa shape index (κ1) is 19.1. The van der Waals surface area contributed by atoms with E-state index in [0.29, 0.717) is 29.0 Å². The van der Waals surface area contributed by atoms with E-state index in [2.05, 4.69) is 5.32 Å². The predicted octanol–water partition coefficient (Wildman–Crippen LogP) is 3.61. The maximum atomic E-state index is 12.7. The zero-order chi connectivity index (χ0) is 19.7. The van der Waals surface area contributed by atoms with Crippen LogP contribution >= 0.6 is 11.3 Å². The van der Waals surface area contributed by atoms with Crippen molar-refractivity contribution in [2.75, 3.05) is 19.5 Å². The quantitative estimate of drug-likeness (QED) is 0.811. The molecule has 0 aliphatic heterocycles. The van der Waals surface area contributed by atoms with Crippen LogP contribution in [0.25, 0.3) is 0 Å². The number of fused-ring (bicyclic) bond motifs is 1. The van der Waals surface area contributed by atoms with E-state index in [9.17, 15) is 14.4 Å². The van der Waals surface area contributed by atoms with Gasteiger partial charge in [0, 0.05) is 10.4 Å². The Kier molecular flexibility index (Phi) is 5.32. The lowest BCUT2D eigenvalue weighted by atomic mass is 9.99. The summed E-state index contributed by atoms with van der Waals surface area (Å²) in [5.74, 6) is -1.78. The van der Waals surface area contributed by atoms with Crippen LogP contribution in [0.1, 0.15) is 54.6 Å². The fourth-order valence-electron chi connectivity index (χ4n) is 3.29. The molecule has 1 aliphatic carbocycles. The van der Waals surface area contributed by atoms with Crippen LogP contribution in [-0.2, 0) is 20.7 Å². The molecule has 0 saturated heterocycles. The van der Waals surface area contributed by atoms with Crippen molar-refractivity contribution in [3.63, 3.8) is 0 Å². The van der Waals surface area contributed by atoms with Gasteiger partial charge in [0.25, 0.3) is 5.91 Å². The molecule has 3 rings (SSSR count). The van der Waals surface area contributed by atoms with E-state index in [1.54, 1.807) is 12.1 Å². The topological polar surface area (TPSA) is 81.7 Å². The normalized spacial score (nSPS) is 15.2. The van der Waals surface area contributed by atoms with E-state index >= 15 is 0 Å². The molecule has 6 nitrogen and oxygen atoms in total. The lowest BCUT2D eigenvalue weighted by Crippen LogP contribution is -2.17. The van der Waals surface area contributed by atoms with Gasteiger partial charge in [-0.1, -0.05) is 6.07 Å². The summed E-state index contributed by atoms with van der Waals surface area (Å²) in [7, 11) is 2.61. The fraction of sp³-hybridized carbons (Fsp3) is 0.350. The lowest BCUT2D eigenvalue weighted by molar-refractivity contribution is -0.142. The minimum atomic E-state index is -0.571. The largest absolute Gasteiger partial charge is 0.469 e. The third kappa shape index (κ3) is 3.47. The summed E-state index contributed by atoms with van der Waals surface area (Å²) >= 11 is 1.31. The molecule has 1 atom stereocenters. The molecule has 1 aliphatic rings. The van der Waals surface area contributed by atoms with Crippen LogP contribution in [-0.4, -0.2) is 32.1 Å². The van der Waals surface area contributed by atoms with Crippen LogP contribution in [0.15, 0.2) is 18.2 Å². The second-order valence-electron chi connectivity index (χ2n) is 6.50. The summed E-state index contributed by atoms with van der Waals surface area (Å²) in [5.41, 5.74) is 3.48. The number of esters is 2. The fourth-order valence-corrected chi connectivity index (χ4v) is 4.55. The summed E-state index contributed by atoms with van der Waals surface area (Å²) in [6.45, 7) is 3.91. The molecule has 0 radical (unpaired) electrons. The number of hydrogen-bond donors (Lipinski definition) is 1. The Morgan fingerprint density at radius 2 is 1.85 bits per heavy atom. The summed E-state index contributed by atoms with van der Waals surface area (Å²) in [4.78, 5) is 38.1. The Bertz CT molecular complexity index is 931. The minimum Gasteiger partial charge on any atom is -0.469 e. The highest BCUT2D eigenvalue weighted by Crippen LogP contribution is 2.46. The zero-order valence-corrected chi connectivity index (χ0v) is 16.5. The molecule has 1 heterocycles. The molecule has 1 aromatic carbocycles. The van der Waals surface area contributed by atoms with Crippen molar-refractivity contribution in [3.05, 3.63) is 50.9 Å². The zero-order valence-electron chi connectivity index (χ0n) is 15.7. The van der Waals surface area contributed by atoms with E-state index in [4.69, 9.17) is 9.47 Å². The number of ether oxygens (including phenoxy) is 2. The van der Waals surface area contributed by atoms with Gasteiger partial charge in [-0.25, -0.2) is 4.79 Å². The van der Waals surface area contributed by atoms with Gasteiger partial charge < -0.3 is 14.8 Å². The first-order valence-electron chi connectivity index (χ1n) is 8.57. The SMILES string of the molecule is COC(=O)c1c(NC(=O)c2ccc(C)c(C)c2)sc2c1[C@H](C(=O)OC)CC2. The number of carbonyl (C=O) groups excluding carboxylic acids is 3. The van der Waals surface area contributed by atoms with Gasteiger partial charge in [-0.2, -0.15) is 0 Å². The Balaban J connectivity index is 1.98. The van der Waals surface area contributed by atoms with E-state index in [1.165, 1.54) is 25.6 Å². The number of benzene rings is 1. The first-order valence-corrected chi connectivity index (χ1v) is 9.39. The Morgan fingerprint density at radius 3 is 2.48 bits per heavy atom. The van der Waals surface area contributed by atoms with Gasteiger partial charge in [-0.3, -0.25) is 9.59 Å². The van der Waals surface area contributed by atoms with E-state index in [0.717, 1.165) is 16.0 Å². The van der Waals surface area contributed by atoms with Crippen LogP contribution in [0.2, 0.25) is 0 Å². The number of thiophene rings is 1. The van der Waals surface area contributed by atoms with E-state index in [1.807, 2.05) is 19.9 Å².